The maximum Gasteiger partial charge on any atom is 0.322 e. The maximum absolute atomic E-state index is 13.1. The van der Waals surface area contributed by atoms with Gasteiger partial charge in [0.1, 0.15) is 23.6 Å². The molecule has 3 N–H and O–H groups in total. The highest BCUT2D eigenvalue weighted by atomic mass is 16.3. The van der Waals surface area contributed by atoms with Crippen molar-refractivity contribution < 1.29 is 19.5 Å². The predicted octanol–water partition coefficient (Wildman–Crippen LogP) is 2.97. The van der Waals surface area contributed by atoms with Crippen molar-refractivity contribution in [3.8, 4) is 5.75 Å². The van der Waals surface area contributed by atoms with Crippen LogP contribution in [0.25, 0.3) is 0 Å². The van der Waals surface area contributed by atoms with Gasteiger partial charge in [-0.25, -0.2) is 14.8 Å². The Balaban J connectivity index is 1.12. The van der Waals surface area contributed by atoms with Crippen molar-refractivity contribution in [2.75, 3.05) is 35.2 Å². The summed E-state index contributed by atoms with van der Waals surface area (Å²) in [4.78, 5) is 50.3. The Kier molecular flexibility index (Phi) is 5.71. The average molecular weight is 499 g/mol. The number of anilines is 3. The fourth-order valence-corrected chi connectivity index (χ4v) is 5.36. The van der Waals surface area contributed by atoms with Crippen molar-refractivity contribution in [2.45, 2.75) is 31.7 Å². The molecule has 10 heteroatoms. The lowest BCUT2D eigenvalue weighted by atomic mass is 10.0. The molecule has 0 spiro atoms. The number of aromatic hydroxyl groups is 1. The van der Waals surface area contributed by atoms with Crippen molar-refractivity contribution in [3.05, 3.63) is 71.2 Å². The van der Waals surface area contributed by atoms with E-state index in [4.69, 9.17) is 0 Å². The lowest BCUT2D eigenvalue weighted by molar-refractivity contribution is -0.115. The zero-order chi connectivity index (χ0) is 25.5. The first-order valence-corrected chi connectivity index (χ1v) is 12.4. The van der Waals surface area contributed by atoms with Crippen LogP contribution in [0.5, 0.6) is 5.75 Å². The molecule has 6 rings (SSSR count). The third-order valence-corrected chi connectivity index (χ3v) is 7.32. The number of ketones is 1. The number of carbonyl (C=O) groups excluding carboxylic acids is 3. The zero-order valence-electron chi connectivity index (χ0n) is 20.1. The van der Waals surface area contributed by atoms with E-state index in [0.717, 1.165) is 35.3 Å². The summed E-state index contributed by atoms with van der Waals surface area (Å²) in [6.07, 6.45) is 3.89. The highest BCUT2D eigenvalue weighted by Gasteiger charge is 2.31. The van der Waals surface area contributed by atoms with Gasteiger partial charge in [0.25, 0.3) is 0 Å². The van der Waals surface area contributed by atoms with Crippen LogP contribution in [0, 0.1) is 0 Å². The summed E-state index contributed by atoms with van der Waals surface area (Å²) in [5.74, 6) is 0.583. The van der Waals surface area contributed by atoms with Gasteiger partial charge in [0.2, 0.25) is 11.7 Å². The summed E-state index contributed by atoms with van der Waals surface area (Å²) in [5, 5.41) is 15.5. The van der Waals surface area contributed by atoms with Crippen molar-refractivity contribution in [3.63, 3.8) is 0 Å². The molecule has 3 aliphatic rings. The van der Waals surface area contributed by atoms with Crippen molar-refractivity contribution in [1.82, 2.24) is 14.9 Å². The minimum Gasteiger partial charge on any atom is -0.508 e. The molecule has 4 heterocycles. The fourth-order valence-electron chi connectivity index (χ4n) is 5.36. The van der Waals surface area contributed by atoms with Crippen LogP contribution in [-0.4, -0.2) is 63.4 Å². The van der Waals surface area contributed by atoms with E-state index in [1.807, 2.05) is 4.90 Å². The smallest absolute Gasteiger partial charge is 0.322 e. The Morgan fingerprint density at radius 3 is 2.54 bits per heavy atom. The number of phenols is 1. The Morgan fingerprint density at radius 2 is 1.70 bits per heavy atom. The zero-order valence-corrected chi connectivity index (χ0v) is 20.1. The molecule has 3 aromatic rings. The molecule has 0 atom stereocenters. The Morgan fingerprint density at radius 1 is 0.919 bits per heavy atom. The predicted molar refractivity (Wildman–Crippen MR) is 137 cm³/mol. The van der Waals surface area contributed by atoms with Gasteiger partial charge < -0.3 is 25.5 Å². The van der Waals surface area contributed by atoms with Gasteiger partial charge in [0, 0.05) is 48.7 Å². The second kappa shape index (κ2) is 9.20. The molecule has 0 aliphatic carbocycles. The first-order chi connectivity index (χ1) is 17.9. The number of phenolic OH excluding ortho intramolecular Hbond substituents is 1. The molecular weight excluding hydrogens is 472 g/mol. The molecule has 1 saturated heterocycles. The average Bonchev–Trinajstić information content (AvgIpc) is 3.21. The van der Waals surface area contributed by atoms with E-state index in [9.17, 15) is 19.5 Å². The fraction of sp³-hybridized carbons (Fsp3) is 0.296. The van der Waals surface area contributed by atoms with E-state index < -0.39 is 0 Å². The number of nitrogens with zero attached hydrogens (tertiary/aromatic N) is 4. The molecule has 0 radical (unpaired) electrons. The number of hydrogen-bond acceptors (Lipinski definition) is 7. The molecule has 10 nitrogen and oxygen atoms in total. The Labute approximate surface area is 213 Å². The molecule has 1 fully saturated rings. The second-order valence-electron chi connectivity index (χ2n) is 9.62. The molecule has 188 valence electrons. The van der Waals surface area contributed by atoms with E-state index in [1.54, 1.807) is 42.5 Å². The van der Waals surface area contributed by atoms with Crippen molar-refractivity contribution in [2.24, 2.45) is 0 Å². The van der Waals surface area contributed by atoms with Crippen molar-refractivity contribution in [1.29, 1.82) is 0 Å². The molecule has 1 aromatic heterocycles. The molecule has 0 saturated carbocycles. The minimum atomic E-state index is -0.215. The maximum atomic E-state index is 13.1. The van der Waals surface area contributed by atoms with Crippen LogP contribution in [0.1, 0.15) is 40.0 Å². The van der Waals surface area contributed by atoms with Crippen LogP contribution in [0.2, 0.25) is 0 Å². The largest absolute Gasteiger partial charge is 0.508 e. The Hall–Kier alpha value is -4.47. The van der Waals surface area contributed by atoms with Crippen LogP contribution >= 0.6 is 0 Å². The molecule has 3 amide bonds. The number of piperidine rings is 1. The van der Waals surface area contributed by atoms with E-state index in [1.165, 1.54) is 6.33 Å². The number of amides is 3. The highest BCUT2D eigenvalue weighted by Crippen LogP contribution is 2.29. The number of hydrogen-bond donors (Lipinski definition) is 3. The highest BCUT2D eigenvalue weighted by molar-refractivity contribution is 6.09. The molecule has 2 aromatic carbocycles. The van der Waals surface area contributed by atoms with Crippen LogP contribution in [0.15, 0.2) is 48.8 Å². The lowest BCUT2D eigenvalue weighted by Gasteiger charge is -2.38. The van der Waals surface area contributed by atoms with Gasteiger partial charge in [-0.1, -0.05) is 0 Å². The van der Waals surface area contributed by atoms with Gasteiger partial charge in [0.15, 0.2) is 0 Å². The number of rotatable bonds is 4. The molecule has 37 heavy (non-hydrogen) atoms. The Bertz CT molecular complexity index is 1420. The van der Waals surface area contributed by atoms with Gasteiger partial charge in [-0.05, 0) is 66.8 Å². The monoisotopic (exact) mass is 498 g/mol. The first-order valence-electron chi connectivity index (χ1n) is 12.4. The topological polar surface area (TPSA) is 128 Å². The summed E-state index contributed by atoms with van der Waals surface area (Å²) < 4.78 is 0. The van der Waals surface area contributed by atoms with Crippen molar-refractivity contribution >= 4 is 34.9 Å². The summed E-state index contributed by atoms with van der Waals surface area (Å²) in [7, 11) is 0. The number of carbonyl (C=O) groups is 3. The summed E-state index contributed by atoms with van der Waals surface area (Å²) >= 11 is 0. The normalized spacial score (nSPS) is 17.5. The number of fused-ring (bicyclic) bond motifs is 2. The first kappa shape index (κ1) is 23.0. The van der Waals surface area contributed by atoms with Gasteiger partial charge in [-0.2, -0.15) is 0 Å². The molecule has 0 unspecified atom stereocenters. The van der Waals surface area contributed by atoms with Crippen LogP contribution < -0.4 is 15.5 Å². The summed E-state index contributed by atoms with van der Waals surface area (Å²) in [6.45, 7) is 1.97. The molecule has 3 aliphatic heterocycles. The summed E-state index contributed by atoms with van der Waals surface area (Å²) in [5.41, 5.74) is 4.01. The van der Waals surface area contributed by atoms with E-state index in [-0.39, 0.29) is 35.9 Å². The van der Waals surface area contributed by atoms with E-state index in [0.29, 0.717) is 43.1 Å². The molecular formula is C27H26N6O4. The van der Waals surface area contributed by atoms with Gasteiger partial charge in [0.05, 0.1) is 6.42 Å². The molecule has 0 bridgehead atoms. The van der Waals surface area contributed by atoms with Crippen LogP contribution in [0.4, 0.5) is 22.0 Å². The van der Waals surface area contributed by atoms with Crippen LogP contribution in [-0.2, 0) is 17.6 Å². The minimum absolute atomic E-state index is 0.0752. The quantitative estimate of drug-likeness (QED) is 0.373. The summed E-state index contributed by atoms with van der Waals surface area (Å²) in [6, 6.07) is 11.9. The van der Waals surface area contributed by atoms with Gasteiger partial charge in [-0.15, -0.1) is 0 Å². The standard InChI is InChI=1S/C27H26N6O4/c34-20-2-4-21-16(12-20)5-10-33(27(37)31-21)19-6-8-32(9-7-19)24-14-23(28-15-29-24)26(36)17-1-3-22-18(11-17)13-25(35)30-22/h1-4,11-12,14-15,19,34H,5-10,13H2,(H,30,35)(H,31,37). The third-order valence-electron chi connectivity index (χ3n) is 7.32. The number of urea groups is 1. The number of aromatic nitrogens is 2. The van der Waals surface area contributed by atoms with E-state index >= 15 is 0 Å². The number of nitrogens with one attached hydrogen (secondary N) is 2. The third kappa shape index (κ3) is 4.46. The second-order valence-corrected chi connectivity index (χ2v) is 9.62. The van der Waals surface area contributed by atoms with Crippen LogP contribution in [0.3, 0.4) is 0 Å². The SMILES string of the molecule is O=C1Cc2cc(C(=O)c3cc(N4CCC(N5CCc6cc(O)ccc6NC5=O)CC4)ncn3)ccc2N1. The lowest BCUT2D eigenvalue weighted by Crippen LogP contribution is -2.49. The van der Waals surface area contributed by atoms with Gasteiger partial charge in [-0.3, -0.25) is 9.59 Å². The number of benzene rings is 2. The van der Waals surface area contributed by atoms with E-state index in [2.05, 4.69) is 25.5 Å². The van der Waals surface area contributed by atoms with Gasteiger partial charge >= 0.3 is 6.03 Å².